The summed E-state index contributed by atoms with van der Waals surface area (Å²) in [5, 5.41) is 1.68. The lowest BCUT2D eigenvalue weighted by Crippen LogP contribution is -2.57. The topological polar surface area (TPSA) is 98.0 Å². The number of benzene rings is 1. The summed E-state index contributed by atoms with van der Waals surface area (Å²) >= 11 is 0. The fraction of sp³-hybridized carbons (Fsp3) is 0.500. The van der Waals surface area contributed by atoms with Gasteiger partial charge in [-0.05, 0) is 33.8 Å². The van der Waals surface area contributed by atoms with Crippen LogP contribution in [0.4, 0.5) is 10.5 Å². The van der Waals surface area contributed by atoms with Crippen molar-refractivity contribution < 1.29 is 23.1 Å². The van der Waals surface area contributed by atoms with Gasteiger partial charge in [0.25, 0.3) is 5.69 Å². The van der Waals surface area contributed by atoms with Crippen molar-refractivity contribution in [2.75, 3.05) is 19.6 Å². The number of para-hydroxylation sites is 1. The SMILES string of the molecule is C[C@@H]1CN(C(=O)OC(C)(C)C)C/C=C\CN1S(=O)(=O)c1ccccc1[NH+]=O. The highest BCUT2D eigenvalue weighted by Gasteiger charge is 2.35. The van der Waals surface area contributed by atoms with Gasteiger partial charge in [-0.1, -0.05) is 24.3 Å². The van der Waals surface area contributed by atoms with Crippen molar-refractivity contribution in [1.29, 1.82) is 0 Å². The molecule has 148 valence electrons. The molecule has 1 aliphatic rings. The Morgan fingerprint density at radius 1 is 1.19 bits per heavy atom. The standard InChI is InChI=1S/C18H25N3O5S/c1-14-13-20(17(22)26-18(2,3)4)11-7-8-12-21(14)27(24,25)16-10-6-5-9-15(16)19-23/h5-10,14H,11-13H2,1-4H3/p+1/b8-7-/t14-/m1/s1. The van der Waals surface area contributed by atoms with Crippen LogP contribution >= 0.6 is 0 Å². The fourth-order valence-corrected chi connectivity index (χ4v) is 4.47. The van der Waals surface area contributed by atoms with Crippen LogP contribution in [0, 0.1) is 4.91 Å². The van der Waals surface area contributed by atoms with E-state index in [1.54, 1.807) is 57.2 Å². The molecule has 1 N–H and O–H groups in total. The zero-order valence-electron chi connectivity index (χ0n) is 16.0. The Labute approximate surface area is 159 Å². The molecule has 1 aromatic rings. The van der Waals surface area contributed by atoms with Crippen molar-refractivity contribution in [2.24, 2.45) is 0 Å². The number of nitroso groups, excluding NO2 is 1. The summed E-state index contributed by atoms with van der Waals surface area (Å²) in [5.41, 5.74) is -0.656. The van der Waals surface area contributed by atoms with Gasteiger partial charge in [0, 0.05) is 41.8 Å². The minimum Gasteiger partial charge on any atom is -0.444 e. The van der Waals surface area contributed by atoms with Gasteiger partial charge in [0.05, 0.1) is 0 Å². The van der Waals surface area contributed by atoms with E-state index in [0.29, 0.717) is 6.54 Å². The molecule has 1 aromatic carbocycles. The lowest BCUT2D eigenvalue weighted by atomic mass is 10.2. The molecule has 1 heterocycles. The predicted molar refractivity (Wildman–Crippen MR) is 101 cm³/mol. The van der Waals surface area contributed by atoms with Crippen LogP contribution in [0.25, 0.3) is 0 Å². The number of carbonyl (C=O) groups is 1. The van der Waals surface area contributed by atoms with E-state index in [0.717, 1.165) is 0 Å². The van der Waals surface area contributed by atoms with E-state index < -0.39 is 27.8 Å². The molecular weight excluding hydrogens is 370 g/mol. The van der Waals surface area contributed by atoms with Crippen LogP contribution in [0.2, 0.25) is 0 Å². The van der Waals surface area contributed by atoms with Crippen LogP contribution in [-0.2, 0) is 14.8 Å². The summed E-state index contributed by atoms with van der Waals surface area (Å²) in [6.45, 7) is 7.71. The molecule has 1 atom stereocenters. The number of amides is 1. The normalized spacial score (nSPS) is 20.4. The average molecular weight is 396 g/mol. The zero-order valence-corrected chi connectivity index (χ0v) is 16.8. The van der Waals surface area contributed by atoms with E-state index in [4.69, 9.17) is 4.74 Å². The molecule has 8 nitrogen and oxygen atoms in total. The molecule has 0 aliphatic carbocycles. The first kappa shape index (κ1) is 21.0. The summed E-state index contributed by atoms with van der Waals surface area (Å²) < 4.78 is 32.9. The molecule has 0 saturated carbocycles. The molecule has 2 rings (SSSR count). The van der Waals surface area contributed by atoms with Crippen molar-refractivity contribution in [2.45, 2.75) is 44.2 Å². The first-order chi connectivity index (χ1) is 12.6. The zero-order chi connectivity index (χ0) is 20.2. The highest BCUT2D eigenvalue weighted by Crippen LogP contribution is 2.24. The number of sulfonamides is 1. The van der Waals surface area contributed by atoms with Crippen LogP contribution in [0.5, 0.6) is 0 Å². The van der Waals surface area contributed by atoms with Gasteiger partial charge < -0.3 is 9.64 Å². The van der Waals surface area contributed by atoms with Gasteiger partial charge in [-0.2, -0.15) is 4.31 Å². The van der Waals surface area contributed by atoms with Crippen LogP contribution in [0.1, 0.15) is 27.7 Å². The second kappa shape index (κ2) is 8.18. The smallest absolute Gasteiger partial charge is 0.410 e. The quantitative estimate of drug-likeness (QED) is 0.778. The molecule has 0 radical (unpaired) electrons. The highest BCUT2D eigenvalue weighted by atomic mass is 32.2. The Morgan fingerprint density at radius 3 is 2.44 bits per heavy atom. The van der Waals surface area contributed by atoms with Gasteiger partial charge in [-0.3, -0.25) is 0 Å². The molecule has 0 fully saturated rings. The second-order valence-corrected chi connectivity index (χ2v) is 9.24. The first-order valence-electron chi connectivity index (χ1n) is 8.68. The number of rotatable bonds is 3. The van der Waals surface area contributed by atoms with Crippen LogP contribution in [0.3, 0.4) is 0 Å². The van der Waals surface area contributed by atoms with E-state index >= 15 is 0 Å². The fourth-order valence-electron chi connectivity index (χ4n) is 2.76. The van der Waals surface area contributed by atoms with Crippen molar-refractivity contribution in [3.05, 3.63) is 41.3 Å². The maximum absolute atomic E-state index is 13.1. The lowest BCUT2D eigenvalue weighted by molar-refractivity contribution is -0.382. The molecule has 0 aromatic heterocycles. The second-order valence-electron chi connectivity index (χ2n) is 7.38. The number of ether oxygens (including phenoxy) is 1. The third-order valence-corrected chi connectivity index (χ3v) is 6.03. The van der Waals surface area contributed by atoms with Gasteiger partial charge in [0.2, 0.25) is 10.0 Å². The van der Waals surface area contributed by atoms with Crippen molar-refractivity contribution in [3.8, 4) is 0 Å². The molecule has 9 heteroatoms. The summed E-state index contributed by atoms with van der Waals surface area (Å²) in [5.74, 6) is 0. The maximum Gasteiger partial charge on any atom is 0.410 e. The molecule has 27 heavy (non-hydrogen) atoms. The number of carbonyl (C=O) groups excluding carboxylic acids is 1. The molecule has 0 bridgehead atoms. The van der Waals surface area contributed by atoms with E-state index in [1.165, 1.54) is 21.3 Å². The van der Waals surface area contributed by atoms with Gasteiger partial charge in [-0.15, -0.1) is 0 Å². The van der Waals surface area contributed by atoms with Gasteiger partial charge in [0.1, 0.15) is 5.60 Å². The van der Waals surface area contributed by atoms with Crippen LogP contribution in [-0.4, -0.2) is 55.0 Å². The Bertz CT molecular complexity index is 830. The third-order valence-electron chi connectivity index (χ3n) is 3.99. The number of nitrogens with one attached hydrogen (secondary N) is 1. The van der Waals surface area contributed by atoms with Crippen LogP contribution in [0.15, 0.2) is 41.3 Å². The average Bonchev–Trinajstić information content (AvgIpc) is 2.56. The molecule has 1 amide bonds. The van der Waals surface area contributed by atoms with E-state index in [2.05, 4.69) is 0 Å². The predicted octanol–water partition coefficient (Wildman–Crippen LogP) is 1.35. The van der Waals surface area contributed by atoms with Crippen LogP contribution < -0.4 is 5.18 Å². The third kappa shape index (κ3) is 5.14. The minimum atomic E-state index is -3.94. The van der Waals surface area contributed by atoms with E-state index in [-0.39, 0.29) is 23.7 Å². The highest BCUT2D eigenvalue weighted by molar-refractivity contribution is 7.89. The molecule has 1 aliphatic heterocycles. The van der Waals surface area contributed by atoms with Gasteiger partial charge in [0.15, 0.2) is 4.90 Å². The molecule has 0 unspecified atom stereocenters. The Hall–Kier alpha value is -2.26. The molecular formula is C18H26N3O5S+. The van der Waals surface area contributed by atoms with Crippen molar-refractivity contribution in [1.82, 2.24) is 9.21 Å². The molecule has 0 spiro atoms. The molecule has 0 saturated heterocycles. The minimum absolute atomic E-state index is 0.0141. The van der Waals surface area contributed by atoms with E-state index in [1.807, 2.05) is 0 Å². The first-order valence-corrected chi connectivity index (χ1v) is 10.1. The largest absolute Gasteiger partial charge is 0.444 e. The number of nitrogens with zero attached hydrogens (tertiary/aromatic N) is 2. The maximum atomic E-state index is 13.1. The van der Waals surface area contributed by atoms with Gasteiger partial charge in [-0.25, -0.2) is 13.2 Å². The van der Waals surface area contributed by atoms with E-state index in [9.17, 15) is 18.1 Å². The van der Waals surface area contributed by atoms with Crippen molar-refractivity contribution >= 4 is 21.8 Å². The summed E-state index contributed by atoms with van der Waals surface area (Å²) in [6, 6.07) is 5.44. The monoisotopic (exact) mass is 396 g/mol. The number of hydrogen-bond acceptors (Lipinski definition) is 5. The van der Waals surface area contributed by atoms with Crippen molar-refractivity contribution in [3.63, 3.8) is 0 Å². The number of hydrogen-bond donors (Lipinski definition) is 1. The lowest BCUT2D eigenvalue weighted by Gasteiger charge is -2.34. The summed E-state index contributed by atoms with van der Waals surface area (Å²) in [6.07, 6.45) is 2.92. The summed E-state index contributed by atoms with van der Waals surface area (Å²) in [7, 11) is -3.94. The Balaban J connectivity index is 2.31. The Kier molecular flexibility index (Phi) is 6.38. The summed E-state index contributed by atoms with van der Waals surface area (Å²) in [4.78, 5) is 24.9. The van der Waals surface area contributed by atoms with Gasteiger partial charge >= 0.3 is 6.09 Å². The Morgan fingerprint density at radius 2 is 1.81 bits per heavy atom.